The molecule has 0 aliphatic heterocycles. The third kappa shape index (κ3) is 5.45. The number of hydrogen-bond donors (Lipinski definition) is 1. The van der Waals surface area contributed by atoms with Gasteiger partial charge in [0.05, 0.1) is 13.2 Å². The maximum Gasteiger partial charge on any atom is 0.333 e. The van der Waals surface area contributed by atoms with Gasteiger partial charge in [-0.3, -0.25) is 0 Å². The van der Waals surface area contributed by atoms with Crippen LogP contribution in [0.3, 0.4) is 0 Å². The summed E-state index contributed by atoms with van der Waals surface area (Å²) in [6.07, 6.45) is 7.06. The van der Waals surface area contributed by atoms with Crippen molar-refractivity contribution >= 4 is 14.3 Å². The molecule has 2 unspecified atom stereocenters. The quantitative estimate of drug-likeness (QED) is 0.359. The first-order chi connectivity index (χ1) is 12.5. The lowest BCUT2D eigenvalue weighted by Gasteiger charge is -2.48. The van der Waals surface area contributed by atoms with Crippen molar-refractivity contribution in [2.24, 2.45) is 23.2 Å². The standard InChI is InChI=1S/C22H40O4Si/c1-15(13-17(23)14-16(2)21(24)25-4)18-10-11-19-20(26-27(5,6)7)9-8-12-22(18,19)3/h15,17-20,23H,2,8-14H2,1,3-7H3/t15-,17+,18-,19?,20?,22-/m1/s1. The zero-order chi connectivity index (χ0) is 20.4. The van der Waals surface area contributed by atoms with Gasteiger partial charge in [-0.05, 0) is 74.9 Å². The Morgan fingerprint density at radius 3 is 2.56 bits per heavy atom. The summed E-state index contributed by atoms with van der Waals surface area (Å²) >= 11 is 0. The van der Waals surface area contributed by atoms with E-state index in [2.05, 4.69) is 40.1 Å². The summed E-state index contributed by atoms with van der Waals surface area (Å²) in [7, 11) is -0.188. The zero-order valence-corrected chi connectivity index (χ0v) is 19.2. The van der Waals surface area contributed by atoms with Gasteiger partial charge in [0.25, 0.3) is 0 Å². The van der Waals surface area contributed by atoms with Gasteiger partial charge in [0.15, 0.2) is 8.32 Å². The van der Waals surface area contributed by atoms with Crippen molar-refractivity contribution in [2.45, 2.75) is 90.6 Å². The van der Waals surface area contributed by atoms with E-state index in [-0.39, 0.29) is 0 Å². The fourth-order valence-corrected chi connectivity index (χ4v) is 7.07. The minimum Gasteiger partial charge on any atom is -0.466 e. The average Bonchev–Trinajstić information content (AvgIpc) is 2.90. The maximum atomic E-state index is 11.5. The number of methoxy groups -OCH3 is 1. The van der Waals surface area contributed by atoms with Crippen molar-refractivity contribution in [3.05, 3.63) is 12.2 Å². The van der Waals surface area contributed by atoms with Gasteiger partial charge in [0.2, 0.25) is 0 Å². The van der Waals surface area contributed by atoms with Gasteiger partial charge >= 0.3 is 5.97 Å². The second-order valence-corrected chi connectivity index (χ2v) is 14.6. The molecule has 0 radical (unpaired) electrons. The van der Waals surface area contributed by atoms with E-state index in [1.54, 1.807) is 0 Å². The highest BCUT2D eigenvalue weighted by Crippen LogP contribution is 2.59. The molecule has 4 nitrogen and oxygen atoms in total. The Morgan fingerprint density at radius 2 is 1.96 bits per heavy atom. The topological polar surface area (TPSA) is 55.8 Å². The molecule has 0 aromatic carbocycles. The minimum atomic E-state index is -1.54. The summed E-state index contributed by atoms with van der Waals surface area (Å²) in [5.41, 5.74) is 0.662. The molecule has 0 amide bonds. The van der Waals surface area contributed by atoms with E-state index in [1.165, 1.54) is 39.2 Å². The van der Waals surface area contributed by atoms with Gasteiger partial charge < -0.3 is 14.3 Å². The maximum absolute atomic E-state index is 11.5. The smallest absolute Gasteiger partial charge is 0.333 e. The molecule has 156 valence electrons. The van der Waals surface area contributed by atoms with Crippen LogP contribution < -0.4 is 0 Å². The first-order valence-corrected chi connectivity index (χ1v) is 14.0. The summed E-state index contributed by atoms with van der Waals surface area (Å²) in [5.74, 6) is 1.25. The van der Waals surface area contributed by atoms with E-state index in [0.717, 1.165) is 0 Å². The number of ether oxygens (including phenoxy) is 1. The molecule has 0 aromatic heterocycles. The molecule has 5 heteroatoms. The molecule has 0 aromatic rings. The fourth-order valence-electron chi connectivity index (χ4n) is 5.88. The van der Waals surface area contributed by atoms with Crippen LogP contribution in [0.25, 0.3) is 0 Å². The Bertz CT molecular complexity index is 541. The van der Waals surface area contributed by atoms with Crippen LogP contribution in [0, 0.1) is 23.2 Å². The molecular weight excluding hydrogens is 356 g/mol. The molecule has 2 saturated carbocycles. The molecule has 2 aliphatic rings. The number of aliphatic hydroxyl groups excluding tert-OH is 1. The second kappa shape index (κ2) is 8.79. The van der Waals surface area contributed by atoms with Gasteiger partial charge in [-0.1, -0.05) is 26.8 Å². The molecule has 27 heavy (non-hydrogen) atoms. The molecule has 2 aliphatic carbocycles. The van der Waals surface area contributed by atoms with E-state index >= 15 is 0 Å². The van der Waals surface area contributed by atoms with Gasteiger partial charge in [-0.25, -0.2) is 4.79 Å². The van der Waals surface area contributed by atoms with E-state index < -0.39 is 20.4 Å². The summed E-state index contributed by atoms with van der Waals surface area (Å²) in [6.45, 7) is 15.3. The molecule has 2 rings (SSSR count). The third-order valence-corrected chi connectivity index (χ3v) is 7.94. The van der Waals surface area contributed by atoms with Crippen LogP contribution in [0.1, 0.15) is 58.8 Å². The van der Waals surface area contributed by atoms with E-state index in [4.69, 9.17) is 9.16 Å². The highest BCUT2D eigenvalue weighted by Gasteiger charge is 2.53. The average molecular weight is 397 g/mol. The Balaban J connectivity index is 2.00. The first-order valence-electron chi connectivity index (χ1n) is 10.6. The molecule has 2 fully saturated rings. The van der Waals surface area contributed by atoms with Crippen LogP contribution in [-0.4, -0.2) is 38.7 Å². The van der Waals surface area contributed by atoms with Crippen LogP contribution in [0.5, 0.6) is 0 Å². The Morgan fingerprint density at radius 1 is 1.30 bits per heavy atom. The Kier molecular flexibility index (Phi) is 7.37. The monoisotopic (exact) mass is 396 g/mol. The predicted molar refractivity (Wildman–Crippen MR) is 112 cm³/mol. The summed E-state index contributed by atoms with van der Waals surface area (Å²) < 4.78 is 11.3. The van der Waals surface area contributed by atoms with Crippen molar-refractivity contribution < 1.29 is 19.1 Å². The number of esters is 1. The second-order valence-electron chi connectivity index (χ2n) is 10.1. The van der Waals surface area contributed by atoms with E-state index in [0.29, 0.717) is 47.7 Å². The number of carbonyl (C=O) groups is 1. The minimum absolute atomic E-state index is 0.297. The lowest BCUT2D eigenvalue weighted by Crippen LogP contribution is -2.46. The molecule has 0 heterocycles. The van der Waals surface area contributed by atoms with Gasteiger partial charge in [0, 0.05) is 18.1 Å². The van der Waals surface area contributed by atoms with Crippen LogP contribution >= 0.6 is 0 Å². The lowest BCUT2D eigenvalue weighted by atomic mass is 9.61. The molecule has 0 bridgehead atoms. The third-order valence-electron chi connectivity index (χ3n) is 6.93. The van der Waals surface area contributed by atoms with Crippen molar-refractivity contribution in [3.8, 4) is 0 Å². The molecule has 6 atom stereocenters. The Labute approximate surface area is 166 Å². The highest BCUT2D eigenvalue weighted by molar-refractivity contribution is 6.69. The molecule has 1 N–H and O–H groups in total. The van der Waals surface area contributed by atoms with E-state index in [9.17, 15) is 9.90 Å². The number of rotatable bonds is 8. The molecule has 0 saturated heterocycles. The number of carbonyl (C=O) groups excluding carboxylic acids is 1. The van der Waals surface area contributed by atoms with Crippen molar-refractivity contribution in [1.29, 1.82) is 0 Å². The number of fused-ring (bicyclic) bond motifs is 1. The van der Waals surface area contributed by atoms with E-state index in [1.807, 2.05) is 0 Å². The van der Waals surface area contributed by atoms with Crippen molar-refractivity contribution in [2.75, 3.05) is 7.11 Å². The summed E-state index contributed by atoms with van der Waals surface area (Å²) in [5, 5.41) is 10.5. The van der Waals surface area contributed by atoms with Crippen LogP contribution in [0.4, 0.5) is 0 Å². The first kappa shape index (κ1) is 22.6. The highest BCUT2D eigenvalue weighted by atomic mass is 28.4. The SMILES string of the molecule is C=C(C[C@@H](O)C[C@@H](C)[C@H]1CCC2C(O[Si](C)(C)C)CCC[C@@]21C)C(=O)OC. The van der Waals surface area contributed by atoms with Crippen LogP contribution in [0.2, 0.25) is 19.6 Å². The number of hydrogen-bond acceptors (Lipinski definition) is 4. The summed E-state index contributed by atoms with van der Waals surface area (Å²) in [4.78, 5) is 11.5. The normalized spacial score (nSPS) is 33.2. The molecular formula is C22H40O4Si. The summed E-state index contributed by atoms with van der Waals surface area (Å²) in [6, 6.07) is 0. The van der Waals surface area contributed by atoms with Crippen LogP contribution in [0.15, 0.2) is 12.2 Å². The van der Waals surface area contributed by atoms with Gasteiger partial charge in [-0.15, -0.1) is 0 Å². The van der Waals surface area contributed by atoms with Crippen molar-refractivity contribution in [1.82, 2.24) is 0 Å². The van der Waals surface area contributed by atoms with Crippen LogP contribution in [-0.2, 0) is 14.0 Å². The van der Waals surface area contributed by atoms with Crippen molar-refractivity contribution in [3.63, 3.8) is 0 Å². The van der Waals surface area contributed by atoms with Gasteiger partial charge in [-0.2, -0.15) is 0 Å². The zero-order valence-electron chi connectivity index (χ0n) is 18.2. The Hall–Kier alpha value is -0.653. The van der Waals surface area contributed by atoms with Gasteiger partial charge in [0.1, 0.15) is 0 Å². The molecule has 0 spiro atoms. The lowest BCUT2D eigenvalue weighted by molar-refractivity contribution is -0.136. The fraction of sp³-hybridized carbons (Fsp3) is 0.864. The number of aliphatic hydroxyl groups is 1. The largest absolute Gasteiger partial charge is 0.466 e. The predicted octanol–water partition coefficient (Wildman–Crippen LogP) is 4.93.